The molecule has 0 saturated carbocycles. The molecule has 2 aromatic carbocycles. The molecule has 170 valence electrons. The SMILES string of the molecule is COc1ccc(C(=O)N2CCCN(c3ccc(NC(=O)Cc4ccccc4)cn3)CC2)cc1. The zero-order valence-corrected chi connectivity index (χ0v) is 18.7. The Hall–Kier alpha value is -3.87. The molecular weight excluding hydrogens is 416 g/mol. The van der Waals surface area contributed by atoms with Crippen LogP contribution in [-0.2, 0) is 11.2 Å². The van der Waals surface area contributed by atoms with Crippen LogP contribution in [0.2, 0.25) is 0 Å². The molecule has 7 heteroatoms. The summed E-state index contributed by atoms with van der Waals surface area (Å²) >= 11 is 0. The maximum atomic E-state index is 12.9. The average Bonchev–Trinajstić information content (AvgIpc) is 3.11. The molecule has 1 aromatic heterocycles. The first-order valence-corrected chi connectivity index (χ1v) is 11.1. The van der Waals surface area contributed by atoms with Gasteiger partial charge in [-0.25, -0.2) is 4.98 Å². The minimum absolute atomic E-state index is 0.0314. The zero-order chi connectivity index (χ0) is 23.0. The number of hydrogen-bond acceptors (Lipinski definition) is 5. The number of nitrogens with one attached hydrogen (secondary N) is 1. The van der Waals surface area contributed by atoms with Gasteiger partial charge in [0.25, 0.3) is 5.91 Å². The van der Waals surface area contributed by atoms with Crippen molar-refractivity contribution in [1.82, 2.24) is 9.88 Å². The molecule has 0 unspecified atom stereocenters. The van der Waals surface area contributed by atoms with E-state index < -0.39 is 0 Å². The van der Waals surface area contributed by atoms with E-state index >= 15 is 0 Å². The highest BCUT2D eigenvalue weighted by molar-refractivity contribution is 5.94. The van der Waals surface area contributed by atoms with Crippen LogP contribution in [0.25, 0.3) is 0 Å². The summed E-state index contributed by atoms with van der Waals surface area (Å²) in [6, 6.07) is 20.6. The topological polar surface area (TPSA) is 74.8 Å². The predicted octanol–water partition coefficient (Wildman–Crippen LogP) is 3.62. The molecule has 1 aliphatic heterocycles. The fourth-order valence-electron chi connectivity index (χ4n) is 3.90. The molecule has 0 atom stereocenters. The van der Waals surface area contributed by atoms with Crippen LogP contribution in [0, 0.1) is 0 Å². The highest BCUT2D eigenvalue weighted by Gasteiger charge is 2.21. The third-order valence-electron chi connectivity index (χ3n) is 5.68. The van der Waals surface area contributed by atoms with E-state index in [9.17, 15) is 9.59 Å². The molecule has 1 N–H and O–H groups in total. The standard InChI is InChI=1S/C26H28N4O3/c1-33-23-11-8-21(9-12-23)26(32)30-15-5-14-29(16-17-30)24-13-10-22(19-27-24)28-25(31)18-20-6-3-2-4-7-20/h2-4,6-13,19H,5,14-18H2,1H3,(H,28,31). The normalized spacial score (nSPS) is 13.8. The van der Waals surface area contributed by atoms with Gasteiger partial charge in [-0.3, -0.25) is 9.59 Å². The summed E-state index contributed by atoms with van der Waals surface area (Å²) in [5.41, 5.74) is 2.31. The molecular formula is C26H28N4O3. The van der Waals surface area contributed by atoms with E-state index in [2.05, 4.69) is 15.2 Å². The van der Waals surface area contributed by atoms with Gasteiger partial charge in [0.15, 0.2) is 0 Å². The molecule has 33 heavy (non-hydrogen) atoms. The Balaban J connectivity index is 1.32. The van der Waals surface area contributed by atoms with Crippen molar-refractivity contribution in [2.45, 2.75) is 12.8 Å². The summed E-state index contributed by atoms with van der Waals surface area (Å²) < 4.78 is 5.17. The number of nitrogens with zero attached hydrogens (tertiary/aromatic N) is 3. The number of methoxy groups -OCH3 is 1. The minimum atomic E-state index is -0.0711. The Labute approximate surface area is 194 Å². The van der Waals surface area contributed by atoms with E-state index in [1.165, 1.54) is 0 Å². The molecule has 2 amide bonds. The lowest BCUT2D eigenvalue weighted by Gasteiger charge is -2.23. The van der Waals surface area contributed by atoms with Crippen LogP contribution >= 0.6 is 0 Å². The quantitative estimate of drug-likeness (QED) is 0.629. The van der Waals surface area contributed by atoms with Crippen molar-refractivity contribution in [1.29, 1.82) is 0 Å². The van der Waals surface area contributed by atoms with Crippen molar-refractivity contribution in [3.8, 4) is 5.75 Å². The fourth-order valence-corrected chi connectivity index (χ4v) is 3.90. The molecule has 0 spiro atoms. The summed E-state index contributed by atoms with van der Waals surface area (Å²) in [6.07, 6.45) is 2.87. The minimum Gasteiger partial charge on any atom is -0.497 e. The van der Waals surface area contributed by atoms with Crippen LogP contribution in [-0.4, -0.2) is 55.0 Å². The molecule has 3 aromatic rings. The van der Waals surface area contributed by atoms with E-state index in [0.717, 1.165) is 30.1 Å². The highest BCUT2D eigenvalue weighted by Crippen LogP contribution is 2.19. The van der Waals surface area contributed by atoms with Gasteiger partial charge < -0.3 is 19.9 Å². The van der Waals surface area contributed by atoms with Crippen LogP contribution < -0.4 is 15.0 Å². The lowest BCUT2D eigenvalue weighted by molar-refractivity contribution is -0.115. The van der Waals surface area contributed by atoms with E-state index in [4.69, 9.17) is 4.74 Å². The summed E-state index contributed by atoms with van der Waals surface area (Å²) in [4.78, 5) is 33.8. The van der Waals surface area contributed by atoms with Crippen molar-refractivity contribution in [3.05, 3.63) is 84.1 Å². The second-order valence-corrected chi connectivity index (χ2v) is 7.98. The number of carbonyl (C=O) groups excluding carboxylic acids is 2. The smallest absolute Gasteiger partial charge is 0.253 e. The molecule has 0 radical (unpaired) electrons. The number of benzene rings is 2. The van der Waals surface area contributed by atoms with Crippen molar-refractivity contribution in [2.75, 3.05) is 43.5 Å². The molecule has 0 bridgehead atoms. The summed E-state index contributed by atoms with van der Waals surface area (Å²) in [6.45, 7) is 2.85. The van der Waals surface area contributed by atoms with Gasteiger partial charge in [0.1, 0.15) is 11.6 Å². The van der Waals surface area contributed by atoms with E-state index in [1.54, 1.807) is 25.4 Å². The second-order valence-electron chi connectivity index (χ2n) is 7.98. The number of anilines is 2. The first-order chi connectivity index (χ1) is 16.1. The number of hydrogen-bond donors (Lipinski definition) is 1. The Bertz CT molecular complexity index is 1070. The van der Waals surface area contributed by atoms with Crippen LogP contribution in [0.3, 0.4) is 0 Å². The van der Waals surface area contributed by atoms with Crippen molar-refractivity contribution in [2.24, 2.45) is 0 Å². The molecule has 1 saturated heterocycles. The lowest BCUT2D eigenvalue weighted by atomic mass is 10.1. The number of ether oxygens (including phenoxy) is 1. The molecule has 1 fully saturated rings. The monoisotopic (exact) mass is 444 g/mol. The number of aromatic nitrogens is 1. The van der Waals surface area contributed by atoms with Crippen LogP contribution in [0.5, 0.6) is 5.75 Å². The van der Waals surface area contributed by atoms with Crippen molar-refractivity contribution < 1.29 is 14.3 Å². The third kappa shape index (κ3) is 5.88. The Kier molecular flexibility index (Phi) is 7.19. The average molecular weight is 445 g/mol. The first-order valence-electron chi connectivity index (χ1n) is 11.1. The summed E-state index contributed by atoms with van der Waals surface area (Å²) in [5, 5.41) is 2.90. The van der Waals surface area contributed by atoms with Gasteiger partial charge in [-0.1, -0.05) is 30.3 Å². The Morgan fingerprint density at radius 1 is 0.939 bits per heavy atom. The number of carbonyl (C=O) groups is 2. The molecule has 1 aliphatic rings. The zero-order valence-electron chi connectivity index (χ0n) is 18.7. The van der Waals surface area contributed by atoms with Gasteiger partial charge in [-0.05, 0) is 48.4 Å². The number of rotatable bonds is 6. The Morgan fingerprint density at radius 2 is 1.73 bits per heavy atom. The van der Waals surface area contributed by atoms with Gasteiger partial charge in [0.05, 0.1) is 25.4 Å². The van der Waals surface area contributed by atoms with Gasteiger partial charge in [0, 0.05) is 31.7 Å². The lowest BCUT2D eigenvalue weighted by Crippen LogP contribution is -2.35. The van der Waals surface area contributed by atoms with Crippen LogP contribution in [0.4, 0.5) is 11.5 Å². The van der Waals surface area contributed by atoms with Crippen molar-refractivity contribution >= 4 is 23.3 Å². The van der Waals surface area contributed by atoms with Gasteiger partial charge in [0.2, 0.25) is 5.91 Å². The summed E-state index contributed by atoms with van der Waals surface area (Å²) in [7, 11) is 1.61. The van der Waals surface area contributed by atoms with Crippen molar-refractivity contribution in [3.63, 3.8) is 0 Å². The molecule has 0 aliphatic carbocycles. The fraction of sp³-hybridized carbons (Fsp3) is 0.269. The highest BCUT2D eigenvalue weighted by atomic mass is 16.5. The van der Waals surface area contributed by atoms with Gasteiger partial charge in [-0.2, -0.15) is 0 Å². The maximum Gasteiger partial charge on any atom is 0.253 e. The molecule has 4 rings (SSSR count). The van der Waals surface area contributed by atoms with E-state index in [0.29, 0.717) is 37.3 Å². The van der Waals surface area contributed by atoms with Gasteiger partial charge in [-0.15, -0.1) is 0 Å². The molecule has 7 nitrogen and oxygen atoms in total. The van der Waals surface area contributed by atoms with Gasteiger partial charge >= 0.3 is 0 Å². The van der Waals surface area contributed by atoms with Crippen LogP contribution in [0.15, 0.2) is 72.9 Å². The molecule has 2 heterocycles. The second kappa shape index (κ2) is 10.6. The van der Waals surface area contributed by atoms with E-state index in [-0.39, 0.29) is 11.8 Å². The number of pyridine rings is 1. The third-order valence-corrected chi connectivity index (χ3v) is 5.68. The van der Waals surface area contributed by atoms with E-state index in [1.807, 2.05) is 59.5 Å². The number of amides is 2. The maximum absolute atomic E-state index is 12.9. The first kappa shape index (κ1) is 22.3. The van der Waals surface area contributed by atoms with Crippen LogP contribution in [0.1, 0.15) is 22.3 Å². The largest absolute Gasteiger partial charge is 0.497 e. The Morgan fingerprint density at radius 3 is 2.42 bits per heavy atom. The predicted molar refractivity (Wildman–Crippen MR) is 129 cm³/mol. The summed E-state index contributed by atoms with van der Waals surface area (Å²) in [5.74, 6) is 1.54.